The predicted molar refractivity (Wildman–Crippen MR) is 52.6 cm³/mol. The molecule has 0 unspecified atom stereocenters. The first kappa shape index (κ1) is 10.1. The number of carbonyl (C=O) groups excluding carboxylic acids is 1. The minimum absolute atomic E-state index is 0.0107. The van der Waals surface area contributed by atoms with Crippen LogP contribution in [0, 0.1) is 0 Å². The number of nitrogens with two attached hydrogens (primary N) is 1. The van der Waals surface area contributed by atoms with Gasteiger partial charge < -0.3 is 15.9 Å². The Labute approximate surface area is 81.3 Å². The van der Waals surface area contributed by atoms with E-state index in [-0.39, 0.29) is 11.5 Å². The lowest BCUT2D eigenvalue weighted by Crippen LogP contribution is -2.11. The first-order chi connectivity index (χ1) is 6.50. The van der Waals surface area contributed by atoms with Gasteiger partial charge in [-0.05, 0) is 31.2 Å². The van der Waals surface area contributed by atoms with Crippen LogP contribution in [0.4, 0.5) is 0 Å². The van der Waals surface area contributed by atoms with Gasteiger partial charge in [-0.3, -0.25) is 4.79 Å². The molecule has 1 aromatic carbocycles. The SMILES string of the molecule is C/C(=C\c1cc(O)ccc1O)C(N)=O. The summed E-state index contributed by atoms with van der Waals surface area (Å²) in [6.45, 7) is 1.53. The summed E-state index contributed by atoms with van der Waals surface area (Å²) in [5, 5.41) is 18.5. The van der Waals surface area contributed by atoms with Crippen LogP contribution in [0.15, 0.2) is 23.8 Å². The van der Waals surface area contributed by atoms with Crippen molar-refractivity contribution in [1.29, 1.82) is 0 Å². The summed E-state index contributed by atoms with van der Waals surface area (Å²) in [5.74, 6) is -0.553. The van der Waals surface area contributed by atoms with Gasteiger partial charge in [0.05, 0.1) is 0 Å². The molecule has 1 amide bonds. The lowest BCUT2D eigenvalue weighted by molar-refractivity contribution is -0.114. The van der Waals surface area contributed by atoms with Crippen molar-refractivity contribution in [2.24, 2.45) is 5.73 Å². The van der Waals surface area contributed by atoms with Gasteiger partial charge >= 0.3 is 0 Å². The van der Waals surface area contributed by atoms with Crippen molar-refractivity contribution in [2.75, 3.05) is 0 Å². The van der Waals surface area contributed by atoms with Gasteiger partial charge in [0.2, 0.25) is 5.91 Å². The third-order valence-electron chi connectivity index (χ3n) is 1.77. The fourth-order valence-corrected chi connectivity index (χ4v) is 0.962. The molecule has 4 heteroatoms. The topological polar surface area (TPSA) is 83.6 Å². The third kappa shape index (κ3) is 2.26. The number of phenolic OH excluding ortho intramolecular Hbond substituents is 2. The first-order valence-corrected chi connectivity index (χ1v) is 4.01. The van der Waals surface area contributed by atoms with Crippen LogP contribution in [0.2, 0.25) is 0 Å². The Bertz CT molecular complexity index is 396. The largest absolute Gasteiger partial charge is 0.508 e. The number of hydrogen-bond acceptors (Lipinski definition) is 3. The average molecular weight is 193 g/mol. The summed E-state index contributed by atoms with van der Waals surface area (Å²) < 4.78 is 0. The molecule has 0 fully saturated rings. The van der Waals surface area contributed by atoms with E-state index < -0.39 is 5.91 Å². The van der Waals surface area contributed by atoms with Crippen molar-refractivity contribution in [1.82, 2.24) is 0 Å². The number of phenols is 2. The monoisotopic (exact) mass is 193 g/mol. The molecule has 0 radical (unpaired) electrons. The molecular formula is C10H11NO3. The number of primary amides is 1. The highest BCUT2D eigenvalue weighted by Crippen LogP contribution is 2.24. The van der Waals surface area contributed by atoms with Gasteiger partial charge in [-0.2, -0.15) is 0 Å². The second-order valence-corrected chi connectivity index (χ2v) is 2.93. The Balaban J connectivity index is 3.13. The summed E-state index contributed by atoms with van der Waals surface area (Å²) in [6, 6.07) is 4.05. The predicted octanol–water partition coefficient (Wildman–Crippen LogP) is 0.986. The zero-order valence-corrected chi connectivity index (χ0v) is 7.69. The number of aromatic hydroxyl groups is 2. The van der Waals surface area contributed by atoms with Gasteiger partial charge in [0.1, 0.15) is 11.5 Å². The smallest absolute Gasteiger partial charge is 0.244 e. The van der Waals surface area contributed by atoms with E-state index in [9.17, 15) is 9.90 Å². The molecule has 0 atom stereocenters. The van der Waals surface area contributed by atoms with Gasteiger partial charge in [0, 0.05) is 11.1 Å². The van der Waals surface area contributed by atoms with Crippen LogP contribution >= 0.6 is 0 Å². The van der Waals surface area contributed by atoms with Crippen LogP contribution in [0.25, 0.3) is 6.08 Å². The third-order valence-corrected chi connectivity index (χ3v) is 1.77. The Kier molecular flexibility index (Phi) is 2.76. The van der Waals surface area contributed by atoms with Gasteiger partial charge in [0.25, 0.3) is 0 Å². The van der Waals surface area contributed by atoms with E-state index in [1.165, 1.54) is 31.2 Å². The van der Waals surface area contributed by atoms with E-state index in [4.69, 9.17) is 10.8 Å². The summed E-state index contributed by atoms with van der Waals surface area (Å²) in [5.41, 5.74) is 5.69. The average Bonchev–Trinajstić information content (AvgIpc) is 2.11. The molecule has 1 rings (SSSR count). The molecule has 0 saturated carbocycles. The number of rotatable bonds is 2. The molecule has 0 aliphatic rings. The zero-order chi connectivity index (χ0) is 10.7. The Morgan fingerprint density at radius 1 is 1.43 bits per heavy atom. The molecule has 4 N–H and O–H groups in total. The standard InChI is InChI=1S/C10H11NO3/c1-6(10(11)14)4-7-5-8(12)2-3-9(7)13/h2-5,12-13H,1H3,(H2,11,14)/b6-4+. The molecular weight excluding hydrogens is 182 g/mol. The van der Waals surface area contributed by atoms with E-state index in [1.54, 1.807) is 0 Å². The molecule has 0 aliphatic heterocycles. The Morgan fingerprint density at radius 2 is 2.07 bits per heavy atom. The quantitative estimate of drug-likeness (QED) is 0.483. The number of carbonyl (C=O) groups is 1. The first-order valence-electron chi connectivity index (χ1n) is 4.01. The van der Waals surface area contributed by atoms with E-state index in [2.05, 4.69) is 0 Å². The highest BCUT2D eigenvalue weighted by Gasteiger charge is 2.02. The summed E-state index contributed by atoms with van der Waals surface area (Å²) in [4.78, 5) is 10.7. The van der Waals surface area contributed by atoms with Crippen LogP contribution in [0.5, 0.6) is 11.5 Å². The molecule has 0 heterocycles. The number of hydrogen-bond donors (Lipinski definition) is 3. The molecule has 4 nitrogen and oxygen atoms in total. The van der Waals surface area contributed by atoms with Crippen molar-refractivity contribution in [3.05, 3.63) is 29.3 Å². The molecule has 0 saturated heterocycles. The summed E-state index contributed by atoms with van der Waals surface area (Å²) >= 11 is 0. The highest BCUT2D eigenvalue weighted by molar-refractivity contribution is 5.96. The maximum atomic E-state index is 10.7. The lowest BCUT2D eigenvalue weighted by Gasteiger charge is -2.01. The molecule has 0 aliphatic carbocycles. The molecule has 1 aromatic rings. The van der Waals surface area contributed by atoms with Gasteiger partial charge in [-0.15, -0.1) is 0 Å². The van der Waals surface area contributed by atoms with E-state index in [0.29, 0.717) is 11.1 Å². The maximum absolute atomic E-state index is 10.7. The van der Waals surface area contributed by atoms with Gasteiger partial charge in [0.15, 0.2) is 0 Å². The molecule has 0 bridgehead atoms. The van der Waals surface area contributed by atoms with Crippen molar-refractivity contribution in [2.45, 2.75) is 6.92 Å². The number of amides is 1. The lowest BCUT2D eigenvalue weighted by atomic mass is 10.1. The van der Waals surface area contributed by atoms with Crippen LogP contribution < -0.4 is 5.73 Å². The summed E-state index contributed by atoms with van der Waals surface area (Å²) in [7, 11) is 0. The Morgan fingerprint density at radius 3 is 2.64 bits per heavy atom. The van der Waals surface area contributed by atoms with E-state index in [1.807, 2.05) is 0 Å². The Hall–Kier alpha value is -1.97. The van der Waals surface area contributed by atoms with Crippen LogP contribution in [-0.4, -0.2) is 16.1 Å². The van der Waals surface area contributed by atoms with Gasteiger partial charge in [-0.25, -0.2) is 0 Å². The second kappa shape index (κ2) is 3.83. The molecule has 14 heavy (non-hydrogen) atoms. The maximum Gasteiger partial charge on any atom is 0.244 e. The zero-order valence-electron chi connectivity index (χ0n) is 7.69. The van der Waals surface area contributed by atoms with Crippen LogP contribution in [-0.2, 0) is 4.79 Å². The van der Waals surface area contributed by atoms with Crippen molar-refractivity contribution < 1.29 is 15.0 Å². The molecule has 0 aromatic heterocycles. The van der Waals surface area contributed by atoms with E-state index >= 15 is 0 Å². The minimum Gasteiger partial charge on any atom is -0.508 e. The summed E-state index contributed by atoms with van der Waals surface area (Å²) in [6.07, 6.45) is 1.41. The fraction of sp³-hybridized carbons (Fsp3) is 0.100. The fourth-order valence-electron chi connectivity index (χ4n) is 0.962. The van der Waals surface area contributed by atoms with Crippen molar-refractivity contribution >= 4 is 12.0 Å². The normalized spacial score (nSPS) is 11.4. The van der Waals surface area contributed by atoms with Crippen LogP contribution in [0.1, 0.15) is 12.5 Å². The van der Waals surface area contributed by atoms with E-state index in [0.717, 1.165) is 0 Å². The van der Waals surface area contributed by atoms with Crippen molar-refractivity contribution in [3.63, 3.8) is 0 Å². The highest BCUT2D eigenvalue weighted by atomic mass is 16.3. The second-order valence-electron chi connectivity index (χ2n) is 2.93. The number of benzene rings is 1. The minimum atomic E-state index is -0.562. The van der Waals surface area contributed by atoms with Crippen molar-refractivity contribution in [3.8, 4) is 11.5 Å². The van der Waals surface area contributed by atoms with Crippen LogP contribution in [0.3, 0.4) is 0 Å². The van der Waals surface area contributed by atoms with Gasteiger partial charge in [-0.1, -0.05) is 0 Å². The molecule has 0 spiro atoms. The molecule has 74 valence electrons.